The predicted octanol–water partition coefficient (Wildman–Crippen LogP) is 9.86. The Labute approximate surface area is 315 Å². The molecule has 0 atom stereocenters. The normalized spacial score (nSPS) is 10.6. The SMILES string of the molecule is CC(C)c1cc(C(C)C)c(CNC(=O)Nc2ccccc2NC(=O)Nc2ccccc2)cc1CNC(=O)Nc1ccccc1NC(=O)Nc1ccccc1. The van der Waals surface area contributed by atoms with E-state index < -0.39 is 24.1 Å². The highest BCUT2D eigenvalue weighted by Crippen LogP contribution is 2.29. The summed E-state index contributed by atoms with van der Waals surface area (Å²) in [7, 11) is 0. The number of carbonyl (C=O) groups is 4. The Morgan fingerprint density at radius 3 is 1.06 bits per heavy atom. The molecule has 0 fully saturated rings. The number of hydrogen-bond acceptors (Lipinski definition) is 4. The van der Waals surface area contributed by atoms with Crippen molar-refractivity contribution in [3.63, 3.8) is 0 Å². The second kappa shape index (κ2) is 18.6. The first-order chi connectivity index (χ1) is 26.0. The molecular formula is C42H46N8O4. The van der Waals surface area contributed by atoms with Gasteiger partial charge in [0.2, 0.25) is 0 Å². The van der Waals surface area contributed by atoms with Crippen LogP contribution in [-0.2, 0) is 13.1 Å². The van der Waals surface area contributed by atoms with Crippen molar-refractivity contribution in [1.82, 2.24) is 10.6 Å². The Morgan fingerprint density at radius 2 is 0.722 bits per heavy atom. The first-order valence-electron chi connectivity index (χ1n) is 17.7. The smallest absolute Gasteiger partial charge is 0.323 e. The number of anilines is 6. The quantitative estimate of drug-likeness (QED) is 0.0642. The van der Waals surface area contributed by atoms with Crippen molar-refractivity contribution in [2.45, 2.75) is 52.6 Å². The molecule has 0 saturated heterocycles. The van der Waals surface area contributed by atoms with Crippen LogP contribution in [0, 0.1) is 0 Å². The minimum absolute atomic E-state index is 0.170. The molecule has 5 rings (SSSR count). The average Bonchev–Trinajstić information content (AvgIpc) is 3.15. The van der Waals surface area contributed by atoms with Crippen LogP contribution in [0.5, 0.6) is 0 Å². The minimum atomic E-state index is -0.445. The number of urea groups is 4. The number of amides is 8. The van der Waals surface area contributed by atoms with Gasteiger partial charge in [-0.15, -0.1) is 0 Å². The van der Waals surface area contributed by atoms with Gasteiger partial charge in [0.05, 0.1) is 22.7 Å². The van der Waals surface area contributed by atoms with Crippen LogP contribution in [-0.4, -0.2) is 24.1 Å². The maximum absolute atomic E-state index is 13.2. The van der Waals surface area contributed by atoms with Gasteiger partial charge in [0.1, 0.15) is 0 Å². The lowest BCUT2D eigenvalue weighted by Crippen LogP contribution is -2.30. The molecule has 5 aromatic rings. The van der Waals surface area contributed by atoms with E-state index in [0.29, 0.717) is 34.1 Å². The van der Waals surface area contributed by atoms with Crippen LogP contribution in [0.4, 0.5) is 53.3 Å². The molecule has 0 bridgehead atoms. The minimum Gasteiger partial charge on any atom is -0.334 e. The van der Waals surface area contributed by atoms with Crippen molar-refractivity contribution in [3.8, 4) is 0 Å². The summed E-state index contributed by atoms with van der Waals surface area (Å²) in [5.41, 5.74) is 7.01. The molecule has 0 aliphatic rings. The lowest BCUT2D eigenvalue weighted by Gasteiger charge is -2.22. The third-order valence-corrected chi connectivity index (χ3v) is 8.43. The molecule has 8 N–H and O–H groups in total. The van der Waals surface area contributed by atoms with E-state index in [1.54, 1.807) is 72.8 Å². The van der Waals surface area contributed by atoms with E-state index in [2.05, 4.69) is 76.3 Å². The average molecular weight is 727 g/mol. The van der Waals surface area contributed by atoms with Gasteiger partial charge in [0.15, 0.2) is 0 Å². The lowest BCUT2D eigenvalue weighted by molar-refractivity contribution is 0.251. The zero-order valence-electron chi connectivity index (χ0n) is 30.7. The summed E-state index contributed by atoms with van der Waals surface area (Å²) in [6.45, 7) is 8.85. The number of para-hydroxylation sites is 6. The van der Waals surface area contributed by atoms with E-state index in [1.807, 2.05) is 42.5 Å². The van der Waals surface area contributed by atoms with Crippen molar-refractivity contribution >= 4 is 58.2 Å². The highest BCUT2D eigenvalue weighted by Gasteiger charge is 2.17. The lowest BCUT2D eigenvalue weighted by atomic mass is 9.87. The van der Waals surface area contributed by atoms with Crippen LogP contribution in [0.2, 0.25) is 0 Å². The molecule has 5 aromatic carbocycles. The fraction of sp³-hybridized carbons (Fsp3) is 0.190. The molecular weight excluding hydrogens is 681 g/mol. The van der Waals surface area contributed by atoms with Gasteiger partial charge in [0.25, 0.3) is 0 Å². The first kappa shape index (κ1) is 38.4. The van der Waals surface area contributed by atoms with Crippen LogP contribution in [0.15, 0.2) is 121 Å². The molecule has 0 aliphatic carbocycles. The van der Waals surface area contributed by atoms with Gasteiger partial charge < -0.3 is 42.5 Å². The standard InChI is InChI=1S/C42H46N8O4/c1-27(2)33-24-34(28(3)4)30(26-44-40(52)48-36-20-12-14-22-38(36)50-42(54)46-32-17-9-6-10-18-32)23-29(33)25-43-39(51)47-35-19-11-13-21-37(35)49-41(53)45-31-15-7-5-8-16-31/h5-24,27-28H,25-26H2,1-4H3,(H2,43,47,51)(H2,44,48,52)(H2,45,49,53)(H2,46,50,54). The molecule has 0 aliphatic heterocycles. The van der Waals surface area contributed by atoms with Crippen molar-refractivity contribution in [3.05, 3.63) is 144 Å². The molecule has 0 saturated carbocycles. The zero-order chi connectivity index (χ0) is 38.5. The maximum Gasteiger partial charge on any atom is 0.323 e. The molecule has 0 radical (unpaired) electrons. The van der Waals surface area contributed by atoms with E-state index in [0.717, 1.165) is 22.3 Å². The molecule has 8 amide bonds. The topological polar surface area (TPSA) is 165 Å². The summed E-state index contributed by atoms with van der Waals surface area (Å²) in [5.74, 6) is 0.340. The van der Waals surface area contributed by atoms with Gasteiger partial charge in [-0.2, -0.15) is 0 Å². The molecule has 12 nitrogen and oxygen atoms in total. The van der Waals surface area contributed by atoms with E-state index in [4.69, 9.17) is 0 Å². The first-order valence-corrected chi connectivity index (χ1v) is 17.7. The van der Waals surface area contributed by atoms with Crippen molar-refractivity contribution < 1.29 is 19.2 Å². The second-order valence-corrected chi connectivity index (χ2v) is 13.2. The third-order valence-electron chi connectivity index (χ3n) is 8.43. The number of benzene rings is 5. The van der Waals surface area contributed by atoms with Crippen LogP contribution in [0.3, 0.4) is 0 Å². The number of rotatable bonds is 12. The highest BCUT2D eigenvalue weighted by molar-refractivity contribution is 6.04. The Bertz CT molecular complexity index is 1930. The fourth-order valence-corrected chi connectivity index (χ4v) is 5.81. The monoisotopic (exact) mass is 726 g/mol. The second-order valence-electron chi connectivity index (χ2n) is 13.2. The summed E-state index contributed by atoms with van der Waals surface area (Å²) < 4.78 is 0. The molecule has 0 heterocycles. The van der Waals surface area contributed by atoms with Crippen LogP contribution in [0.1, 0.15) is 61.8 Å². The number of carbonyl (C=O) groups excluding carboxylic acids is 4. The Hall–Kier alpha value is -6.82. The van der Waals surface area contributed by atoms with Crippen molar-refractivity contribution in [2.24, 2.45) is 0 Å². The molecule has 12 heteroatoms. The van der Waals surface area contributed by atoms with Crippen LogP contribution >= 0.6 is 0 Å². The third kappa shape index (κ3) is 11.1. The van der Waals surface area contributed by atoms with Gasteiger partial charge in [-0.25, -0.2) is 19.2 Å². The maximum atomic E-state index is 13.2. The largest absolute Gasteiger partial charge is 0.334 e. The van der Waals surface area contributed by atoms with E-state index in [-0.39, 0.29) is 24.9 Å². The Balaban J connectivity index is 1.23. The number of nitrogens with one attached hydrogen (secondary N) is 8. The summed E-state index contributed by atoms with van der Waals surface area (Å²) in [5, 5.41) is 22.7. The summed E-state index contributed by atoms with van der Waals surface area (Å²) in [6, 6.07) is 34.4. The van der Waals surface area contributed by atoms with Crippen LogP contribution < -0.4 is 42.5 Å². The van der Waals surface area contributed by atoms with Crippen LogP contribution in [0.25, 0.3) is 0 Å². The summed E-state index contributed by atoms with van der Waals surface area (Å²) in [6.07, 6.45) is 0. The molecule has 54 heavy (non-hydrogen) atoms. The van der Waals surface area contributed by atoms with E-state index >= 15 is 0 Å². The molecule has 0 spiro atoms. The fourth-order valence-electron chi connectivity index (χ4n) is 5.81. The van der Waals surface area contributed by atoms with E-state index in [1.165, 1.54) is 0 Å². The number of hydrogen-bond donors (Lipinski definition) is 8. The van der Waals surface area contributed by atoms with Crippen molar-refractivity contribution in [2.75, 3.05) is 31.9 Å². The van der Waals surface area contributed by atoms with Crippen molar-refractivity contribution in [1.29, 1.82) is 0 Å². The predicted molar refractivity (Wildman–Crippen MR) is 217 cm³/mol. The van der Waals surface area contributed by atoms with Gasteiger partial charge in [-0.3, -0.25) is 0 Å². The Morgan fingerprint density at radius 1 is 0.407 bits per heavy atom. The highest BCUT2D eigenvalue weighted by atomic mass is 16.2. The van der Waals surface area contributed by atoms with Gasteiger partial charge in [0, 0.05) is 24.5 Å². The Kier molecular flexibility index (Phi) is 13.2. The zero-order valence-corrected chi connectivity index (χ0v) is 30.7. The molecule has 0 aromatic heterocycles. The van der Waals surface area contributed by atoms with E-state index in [9.17, 15) is 19.2 Å². The van der Waals surface area contributed by atoms with Gasteiger partial charge in [-0.1, -0.05) is 100 Å². The van der Waals surface area contributed by atoms with Gasteiger partial charge >= 0.3 is 24.1 Å². The molecule has 278 valence electrons. The molecule has 0 unspecified atom stereocenters. The van der Waals surface area contributed by atoms with Gasteiger partial charge in [-0.05, 0) is 82.6 Å². The summed E-state index contributed by atoms with van der Waals surface area (Å²) in [4.78, 5) is 51.6. The summed E-state index contributed by atoms with van der Waals surface area (Å²) >= 11 is 0.